The summed E-state index contributed by atoms with van der Waals surface area (Å²) in [4.78, 5) is 2.05. The molecule has 1 unspecified atom stereocenters. The average molecular weight is 242 g/mol. The molecular formula is C11H16ClN3O. The first-order valence-corrected chi connectivity index (χ1v) is 5.95. The lowest BCUT2D eigenvalue weighted by Crippen LogP contribution is -2.33. The third kappa shape index (κ3) is 3.06. The number of halogens is 1. The molecule has 2 heterocycles. The SMILES string of the molecule is CN(CC1CCCCO1)c1ccc(Cl)nn1. The lowest BCUT2D eigenvalue weighted by atomic mass is 10.1. The topological polar surface area (TPSA) is 38.2 Å². The number of aromatic nitrogens is 2. The maximum Gasteiger partial charge on any atom is 0.151 e. The zero-order chi connectivity index (χ0) is 11.4. The van der Waals surface area contributed by atoms with Crippen molar-refractivity contribution < 1.29 is 4.74 Å². The van der Waals surface area contributed by atoms with Crippen LogP contribution in [0.3, 0.4) is 0 Å². The highest BCUT2D eigenvalue weighted by Crippen LogP contribution is 2.16. The van der Waals surface area contributed by atoms with Gasteiger partial charge in [0.2, 0.25) is 0 Å². The summed E-state index contributed by atoms with van der Waals surface area (Å²) < 4.78 is 5.68. The Balaban J connectivity index is 1.91. The van der Waals surface area contributed by atoms with Gasteiger partial charge in [-0.25, -0.2) is 0 Å². The highest BCUT2D eigenvalue weighted by Gasteiger charge is 2.16. The van der Waals surface area contributed by atoms with Gasteiger partial charge in [0.05, 0.1) is 6.10 Å². The summed E-state index contributed by atoms with van der Waals surface area (Å²) in [6.45, 7) is 1.74. The van der Waals surface area contributed by atoms with Gasteiger partial charge in [-0.15, -0.1) is 10.2 Å². The zero-order valence-electron chi connectivity index (χ0n) is 9.40. The third-order valence-corrected chi connectivity index (χ3v) is 2.96. The number of anilines is 1. The molecule has 5 heteroatoms. The van der Waals surface area contributed by atoms with E-state index in [1.165, 1.54) is 12.8 Å². The Morgan fingerprint density at radius 2 is 2.31 bits per heavy atom. The molecule has 88 valence electrons. The van der Waals surface area contributed by atoms with Crippen LogP contribution in [0, 0.1) is 0 Å². The Bertz CT molecular complexity index is 325. The summed E-state index contributed by atoms with van der Waals surface area (Å²) in [5.41, 5.74) is 0. The fourth-order valence-corrected chi connectivity index (χ4v) is 1.96. The highest BCUT2D eigenvalue weighted by atomic mass is 35.5. The van der Waals surface area contributed by atoms with Crippen LogP contribution >= 0.6 is 11.6 Å². The summed E-state index contributed by atoms with van der Waals surface area (Å²) in [7, 11) is 2.00. The van der Waals surface area contributed by atoms with E-state index in [9.17, 15) is 0 Å². The summed E-state index contributed by atoms with van der Waals surface area (Å²) in [6.07, 6.45) is 3.88. The third-order valence-electron chi connectivity index (χ3n) is 2.76. The second-order valence-electron chi connectivity index (χ2n) is 4.08. The summed E-state index contributed by atoms with van der Waals surface area (Å²) in [5, 5.41) is 8.28. The molecule has 1 atom stereocenters. The number of hydrogen-bond donors (Lipinski definition) is 0. The van der Waals surface area contributed by atoms with Gasteiger partial charge in [-0.2, -0.15) is 0 Å². The molecule has 0 saturated carbocycles. The summed E-state index contributed by atoms with van der Waals surface area (Å²) in [6, 6.07) is 3.63. The Morgan fingerprint density at radius 3 is 2.94 bits per heavy atom. The number of likely N-dealkylation sites (N-methyl/N-ethyl adjacent to an activating group) is 1. The molecule has 0 aliphatic carbocycles. The number of rotatable bonds is 3. The Morgan fingerprint density at radius 1 is 1.44 bits per heavy atom. The van der Waals surface area contributed by atoms with Crippen LogP contribution in [-0.4, -0.2) is 36.5 Å². The maximum atomic E-state index is 5.69. The molecular weight excluding hydrogens is 226 g/mol. The second-order valence-corrected chi connectivity index (χ2v) is 4.47. The first-order valence-electron chi connectivity index (χ1n) is 5.57. The van der Waals surface area contributed by atoms with Crippen molar-refractivity contribution in [2.75, 3.05) is 25.1 Å². The largest absolute Gasteiger partial charge is 0.376 e. The Hall–Kier alpha value is -0.870. The second kappa shape index (κ2) is 5.46. The van der Waals surface area contributed by atoms with E-state index in [-0.39, 0.29) is 0 Å². The van der Waals surface area contributed by atoms with Crippen molar-refractivity contribution in [3.63, 3.8) is 0 Å². The van der Waals surface area contributed by atoms with Crippen LogP contribution in [0.5, 0.6) is 0 Å². The van der Waals surface area contributed by atoms with Gasteiger partial charge in [-0.05, 0) is 31.4 Å². The average Bonchev–Trinajstić information content (AvgIpc) is 2.31. The van der Waals surface area contributed by atoms with Gasteiger partial charge in [-0.3, -0.25) is 0 Å². The molecule has 1 aliphatic rings. The van der Waals surface area contributed by atoms with Gasteiger partial charge in [0.25, 0.3) is 0 Å². The van der Waals surface area contributed by atoms with Crippen LogP contribution in [-0.2, 0) is 4.74 Å². The highest BCUT2D eigenvalue weighted by molar-refractivity contribution is 6.29. The monoisotopic (exact) mass is 241 g/mol. The predicted molar refractivity (Wildman–Crippen MR) is 63.9 cm³/mol. The zero-order valence-corrected chi connectivity index (χ0v) is 10.2. The lowest BCUT2D eigenvalue weighted by molar-refractivity contribution is 0.0215. The normalized spacial score (nSPS) is 20.8. The summed E-state index contributed by atoms with van der Waals surface area (Å²) >= 11 is 5.69. The maximum absolute atomic E-state index is 5.69. The molecule has 1 aromatic heterocycles. The molecule has 1 aromatic rings. The van der Waals surface area contributed by atoms with E-state index >= 15 is 0 Å². The molecule has 0 amide bonds. The van der Waals surface area contributed by atoms with Crippen molar-refractivity contribution in [2.24, 2.45) is 0 Å². The lowest BCUT2D eigenvalue weighted by Gasteiger charge is -2.27. The van der Waals surface area contributed by atoms with Crippen LogP contribution in [0.15, 0.2) is 12.1 Å². The summed E-state index contributed by atoms with van der Waals surface area (Å²) in [5.74, 6) is 0.832. The van der Waals surface area contributed by atoms with E-state index in [2.05, 4.69) is 15.1 Å². The smallest absolute Gasteiger partial charge is 0.151 e. The van der Waals surface area contributed by atoms with E-state index in [1.807, 2.05) is 13.1 Å². The van der Waals surface area contributed by atoms with E-state index in [4.69, 9.17) is 16.3 Å². The van der Waals surface area contributed by atoms with Gasteiger partial charge in [-0.1, -0.05) is 11.6 Å². The van der Waals surface area contributed by atoms with Crippen molar-refractivity contribution in [1.82, 2.24) is 10.2 Å². The van der Waals surface area contributed by atoms with Crippen molar-refractivity contribution in [3.05, 3.63) is 17.3 Å². The molecule has 0 N–H and O–H groups in total. The van der Waals surface area contributed by atoms with Gasteiger partial charge >= 0.3 is 0 Å². The van der Waals surface area contributed by atoms with Crippen LogP contribution < -0.4 is 4.90 Å². The quantitative estimate of drug-likeness (QED) is 0.813. The molecule has 0 aromatic carbocycles. The predicted octanol–water partition coefficient (Wildman–Crippen LogP) is 2.14. The van der Waals surface area contributed by atoms with Crippen LogP contribution in [0.25, 0.3) is 0 Å². The standard InChI is InChI=1S/C11H16ClN3O/c1-15(8-9-4-2-3-7-16-9)11-6-5-10(12)13-14-11/h5-6,9H,2-4,7-8H2,1H3. The van der Waals surface area contributed by atoms with Crippen LogP contribution in [0.1, 0.15) is 19.3 Å². The first-order chi connectivity index (χ1) is 7.75. The minimum atomic E-state index is 0.316. The molecule has 0 spiro atoms. The van der Waals surface area contributed by atoms with Crippen molar-refractivity contribution in [1.29, 1.82) is 0 Å². The van der Waals surface area contributed by atoms with Gasteiger partial charge in [0.1, 0.15) is 0 Å². The number of ether oxygens (including phenoxy) is 1. The van der Waals surface area contributed by atoms with Crippen molar-refractivity contribution in [2.45, 2.75) is 25.4 Å². The minimum absolute atomic E-state index is 0.316. The van der Waals surface area contributed by atoms with E-state index in [1.54, 1.807) is 6.07 Å². The molecule has 1 saturated heterocycles. The fraction of sp³-hybridized carbons (Fsp3) is 0.636. The molecule has 1 fully saturated rings. The van der Waals surface area contributed by atoms with Crippen LogP contribution in [0.4, 0.5) is 5.82 Å². The molecule has 2 rings (SSSR count). The molecule has 16 heavy (non-hydrogen) atoms. The van der Waals surface area contributed by atoms with Crippen LogP contribution in [0.2, 0.25) is 5.15 Å². The van der Waals surface area contributed by atoms with Gasteiger partial charge < -0.3 is 9.64 Å². The van der Waals surface area contributed by atoms with E-state index in [0.29, 0.717) is 11.3 Å². The first kappa shape index (κ1) is 11.6. The minimum Gasteiger partial charge on any atom is -0.376 e. The number of hydrogen-bond acceptors (Lipinski definition) is 4. The molecule has 0 radical (unpaired) electrons. The van der Waals surface area contributed by atoms with Gasteiger partial charge in [0, 0.05) is 20.2 Å². The van der Waals surface area contributed by atoms with E-state index in [0.717, 1.165) is 25.4 Å². The Labute approximate surface area is 101 Å². The van der Waals surface area contributed by atoms with E-state index < -0.39 is 0 Å². The molecule has 1 aliphatic heterocycles. The molecule has 0 bridgehead atoms. The van der Waals surface area contributed by atoms with Crippen molar-refractivity contribution >= 4 is 17.4 Å². The number of nitrogens with zero attached hydrogens (tertiary/aromatic N) is 3. The molecule has 4 nitrogen and oxygen atoms in total. The van der Waals surface area contributed by atoms with Crippen molar-refractivity contribution in [3.8, 4) is 0 Å². The Kier molecular flexibility index (Phi) is 3.96. The van der Waals surface area contributed by atoms with Gasteiger partial charge in [0.15, 0.2) is 11.0 Å². The fourth-order valence-electron chi connectivity index (χ4n) is 1.86.